The molecule has 5 heterocycles. The predicted molar refractivity (Wildman–Crippen MR) is 305 cm³/mol. The van der Waals surface area contributed by atoms with Gasteiger partial charge in [-0.2, -0.15) is 0 Å². The van der Waals surface area contributed by atoms with Gasteiger partial charge in [0, 0.05) is 80.6 Å². The highest BCUT2D eigenvalue weighted by molar-refractivity contribution is 5.99. The fourth-order valence-corrected chi connectivity index (χ4v) is 11.9. The fourth-order valence-electron chi connectivity index (χ4n) is 11.9. The number of pyridine rings is 1. The molecule has 3 aliphatic heterocycles. The molecule has 6 amide bonds. The third kappa shape index (κ3) is 16.3. The molecule has 2 aromatic heterocycles. The summed E-state index contributed by atoms with van der Waals surface area (Å²) in [5.41, 5.74) is 9.46. The van der Waals surface area contributed by atoms with Crippen LogP contribution in [0.4, 0.5) is 4.79 Å². The first-order chi connectivity index (χ1) is 39.5. The number of alkyl carbamates (subject to hydrolysis) is 1. The predicted octanol–water partition coefficient (Wildman–Crippen LogP) is 4.76. The Morgan fingerprint density at radius 1 is 0.691 bits per heavy atom. The van der Waals surface area contributed by atoms with Crippen molar-refractivity contribution in [3.8, 4) is 5.75 Å². The van der Waals surface area contributed by atoms with E-state index in [0.717, 1.165) is 60.8 Å². The number of benzene rings is 3. The van der Waals surface area contributed by atoms with Crippen LogP contribution in [0.3, 0.4) is 0 Å². The van der Waals surface area contributed by atoms with E-state index in [9.17, 15) is 4.79 Å². The van der Waals surface area contributed by atoms with Crippen LogP contribution in [-0.4, -0.2) is 132 Å². The van der Waals surface area contributed by atoms with Crippen LogP contribution >= 0.6 is 0 Å². The van der Waals surface area contributed by atoms with Crippen molar-refractivity contribution in [1.82, 2.24) is 46.8 Å². The maximum Gasteiger partial charge on any atom is 0.407 e. The molecule has 5 aromatic rings. The molecule has 19 heteroatoms. The Balaban J connectivity index is 1.10. The normalized spacial score (nSPS) is 24.0. The number of amides is 6. The number of nitrogens with one attached hydrogen (secondary N) is 7. The lowest BCUT2D eigenvalue weighted by molar-refractivity contribution is -0.143. The number of ketones is 1. The quantitative estimate of drug-likeness (QED) is 0.0627. The van der Waals surface area contributed by atoms with Crippen molar-refractivity contribution >= 4 is 52.3 Å². The first-order valence-electron chi connectivity index (χ1n) is 29.1. The molecule has 9 N–H and O–H groups in total. The lowest BCUT2D eigenvalue weighted by Crippen LogP contribution is -2.60. The Kier molecular flexibility index (Phi) is 20.5. The highest BCUT2D eigenvalue weighted by Crippen LogP contribution is 2.29. The molecular weight excluding hydrogens is 1030 g/mol. The van der Waals surface area contributed by atoms with Gasteiger partial charge in [0.1, 0.15) is 36.0 Å². The van der Waals surface area contributed by atoms with E-state index in [0.29, 0.717) is 42.2 Å². The Bertz CT molecular complexity index is 2910. The molecule has 430 valence electrons. The van der Waals surface area contributed by atoms with Crippen molar-refractivity contribution in [2.75, 3.05) is 39.3 Å². The van der Waals surface area contributed by atoms with E-state index in [2.05, 4.69) is 41.9 Å². The Labute approximate surface area is 473 Å². The van der Waals surface area contributed by atoms with E-state index < -0.39 is 83.6 Å². The Morgan fingerprint density at radius 3 is 2.16 bits per heavy atom. The summed E-state index contributed by atoms with van der Waals surface area (Å²) in [5, 5.41) is 18.9. The average molecular weight is 1110 g/mol. The number of aromatic amines is 1. The molecule has 1 aliphatic carbocycles. The molecule has 7 atom stereocenters. The van der Waals surface area contributed by atoms with E-state index in [1.54, 1.807) is 24.5 Å². The lowest BCUT2D eigenvalue weighted by atomic mass is 9.83. The second-order valence-electron chi connectivity index (χ2n) is 22.3. The zero-order chi connectivity index (χ0) is 56.5. The number of ether oxygens (including phenoxy) is 2. The lowest BCUT2D eigenvalue weighted by Gasteiger charge is -2.32. The van der Waals surface area contributed by atoms with Crippen LogP contribution in [0.5, 0.6) is 5.75 Å². The standard InChI is InChI=1S/C62H78N10O9/c63-25-29-66-62(79)81-48-35-55-60(77)68-51(22-19-40-10-3-1-4-11-40)58(75)69-52(33-46-37-67-50-16-8-7-15-49(46)50)56(73)34-45(30-42-23-27-64-28-24-42)57(74)70-53(31-41-17-20-47(21-18-41)80-39-43-12-5-2-6-13-43)59(76)71-54(61(78)72(55)38-48)32-44-14-9-26-65-36-44/h1,3-4,7-11,14-18,20-21,26,36-37,42-43,45,48,51-55,64,67H,2,5-6,12-13,19,22-25,27-35,38-39,63H2,(H,66,79)(H,68,77)(H,69,75)(H,70,74)(H,71,76)/t45-,48-,51+,52-,53+,54+,55+/m1/s1. The number of Topliss-reactive ketones (excluding diaryl/α,β-unsaturated/α-hetero) is 1. The van der Waals surface area contributed by atoms with Gasteiger partial charge in [0.2, 0.25) is 29.5 Å². The zero-order valence-electron chi connectivity index (χ0n) is 46.1. The largest absolute Gasteiger partial charge is 0.493 e. The molecule has 81 heavy (non-hydrogen) atoms. The summed E-state index contributed by atoms with van der Waals surface area (Å²) in [4.78, 5) is 113. The van der Waals surface area contributed by atoms with Crippen LogP contribution in [0.1, 0.15) is 92.9 Å². The van der Waals surface area contributed by atoms with Crippen molar-refractivity contribution in [2.24, 2.45) is 23.5 Å². The number of carbonyl (C=O) groups is 7. The molecule has 9 rings (SSSR count). The number of piperidine rings is 1. The summed E-state index contributed by atoms with van der Waals surface area (Å²) < 4.78 is 12.0. The summed E-state index contributed by atoms with van der Waals surface area (Å²) in [6.07, 6.45) is 11.0. The topological polar surface area (TPSA) is 268 Å². The smallest absolute Gasteiger partial charge is 0.407 e. The van der Waals surface area contributed by atoms with Crippen LogP contribution in [0.2, 0.25) is 0 Å². The summed E-state index contributed by atoms with van der Waals surface area (Å²) in [6, 6.07) is 21.8. The minimum atomic E-state index is -1.33. The summed E-state index contributed by atoms with van der Waals surface area (Å²) in [5.74, 6) is -3.23. The van der Waals surface area contributed by atoms with Crippen LogP contribution in [-0.2, 0) is 59.2 Å². The number of nitrogens with two attached hydrogens (primary N) is 1. The maximum absolute atomic E-state index is 15.4. The molecule has 0 unspecified atom stereocenters. The molecule has 19 nitrogen and oxygen atoms in total. The monoisotopic (exact) mass is 1110 g/mol. The van der Waals surface area contributed by atoms with Gasteiger partial charge in [-0.3, -0.25) is 33.8 Å². The number of carbonyl (C=O) groups excluding carboxylic acids is 7. The molecular formula is C62H78N10O9. The number of hydrogen-bond donors (Lipinski definition) is 8. The van der Waals surface area contributed by atoms with Gasteiger partial charge in [-0.05, 0) is 116 Å². The Morgan fingerprint density at radius 2 is 1.40 bits per heavy atom. The van der Waals surface area contributed by atoms with Crippen LogP contribution in [0.15, 0.2) is 110 Å². The number of rotatable bonds is 17. The first-order valence-corrected chi connectivity index (χ1v) is 29.1. The highest BCUT2D eigenvalue weighted by atomic mass is 16.6. The number of aromatic nitrogens is 2. The van der Waals surface area contributed by atoms with Gasteiger partial charge in [0.25, 0.3) is 0 Å². The number of hydrogen-bond acceptors (Lipinski definition) is 12. The Hall–Kier alpha value is -7.64. The third-order valence-corrected chi connectivity index (χ3v) is 16.4. The number of aryl methyl sites for hydroxylation is 1. The molecule has 4 fully saturated rings. The van der Waals surface area contributed by atoms with Crippen molar-refractivity contribution in [1.29, 1.82) is 0 Å². The number of para-hydroxylation sites is 1. The van der Waals surface area contributed by atoms with E-state index in [1.165, 1.54) is 24.2 Å². The SMILES string of the molecule is NCCNC(=O)O[C@@H]1C[C@H]2C(=O)N[C@@H](CCc3ccccc3)C(=O)N[C@H](Cc3c[nH]c4ccccc34)C(=O)C[C@@H](CC3CCNCC3)C(=O)N[C@@H](Cc3ccc(OCC4CCCCC4)cc3)C(=O)N[C@@H](Cc3cccnc3)C(=O)N2C1. The second kappa shape index (κ2) is 28.7. The van der Waals surface area contributed by atoms with Gasteiger partial charge < -0.3 is 57.0 Å². The van der Waals surface area contributed by atoms with Crippen molar-refractivity contribution in [3.63, 3.8) is 0 Å². The van der Waals surface area contributed by atoms with E-state index in [4.69, 9.17) is 15.2 Å². The van der Waals surface area contributed by atoms with Gasteiger partial charge >= 0.3 is 6.09 Å². The van der Waals surface area contributed by atoms with Crippen LogP contribution in [0.25, 0.3) is 10.9 Å². The first kappa shape index (κ1) is 58.0. The van der Waals surface area contributed by atoms with Crippen LogP contribution < -0.4 is 42.4 Å². The van der Waals surface area contributed by atoms with Gasteiger partial charge in [-0.25, -0.2) is 4.79 Å². The van der Waals surface area contributed by atoms with Gasteiger partial charge in [-0.1, -0.05) is 86.0 Å². The molecule has 0 radical (unpaired) electrons. The van der Waals surface area contributed by atoms with Crippen molar-refractivity contribution in [2.45, 2.75) is 133 Å². The number of H-pyrrole nitrogens is 1. The van der Waals surface area contributed by atoms with Crippen molar-refractivity contribution in [3.05, 3.63) is 132 Å². The summed E-state index contributed by atoms with van der Waals surface area (Å²) in [7, 11) is 0. The molecule has 3 saturated heterocycles. The third-order valence-electron chi connectivity index (χ3n) is 16.4. The minimum absolute atomic E-state index is 0.00842. The van der Waals surface area contributed by atoms with Crippen molar-refractivity contribution < 1.29 is 43.0 Å². The molecule has 3 aromatic carbocycles. The molecule has 0 spiro atoms. The fraction of sp³-hybridized carbons (Fsp3) is 0.484. The molecule has 4 aliphatic rings. The van der Waals surface area contributed by atoms with E-state index >= 15 is 28.8 Å². The summed E-state index contributed by atoms with van der Waals surface area (Å²) >= 11 is 0. The van der Waals surface area contributed by atoms with Gasteiger partial charge in [0.15, 0.2) is 5.78 Å². The average Bonchev–Trinajstić information content (AvgIpc) is 4.11. The van der Waals surface area contributed by atoms with E-state index in [-0.39, 0.29) is 64.1 Å². The van der Waals surface area contributed by atoms with Gasteiger partial charge in [0.05, 0.1) is 19.2 Å². The molecule has 1 saturated carbocycles. The number of fused-ring (bicyclic) bond motifs is 2. The molecule has 0 bridgehead atoms. The number of nitrogens with zero attached hydrogens (tertiary/aromatic N) is 2. The second-order valence-corrected chi connectivity index (χ2v) is 22.3. The van der Waals surface area contributed by atoms with Crippen LogP contribution in [0, 0.1) is 17.8 Å². The highest BCUT2D eigenvalue weighted by Gasteiger charge is 2.45. The maximum atomic E-state index is 15.4. The summed E-state index contributed by atoms with van der Waals surface area (Å²) in [6.45, 7) is 2.13. The minimum Gasteiger partial charge on any atom is -0.493 e. The zero-order valence-corrected chi connectivity index (χ0v) is 46.1. The van der Waals surface area contributed by atoms with E-state index in [1.807, 2.05) is 85.1 Å². The van der Waals surface area contributed by atoms with Gasteiger partial charge in [-0.15, -0.1) is 0 Å².